The van der Waals surface area contributed by atoms with Crippen LogP contribution in [0.5, 0.6) is 0 Å². The quantitative estimate of drug-likeness (QED) is 0.624. The van der Waals surface area contributed by atoms with Gasteiger partial charge in [-0.2, -0.15) is 0 Å². The van der Waals surface area contributed by atoms with Crippen LogP contribution >= 0.6 is 0 Å². The third-order valence-electron chi connectivity index (χ3n) is 3.19. The van der Waals surface area contributed by atoms with Crippen LogP contribution in [0.4, 0.5) is 4.39 Å². The number of nitrogens with zero attached hydrogens (tertiary/aromatic N) is 1. The Hall–Kier alpha value is -2.75. The first-order valence-electron chi connectivity index (χ1n) is 6.48. The number of carbonyl (C=O) groups is 1. The summed E-state index contributed by atoms with van der Waals surface area (Å²) in [6.45, 7) is 1.91. The smallest absolute Gasteiger partial charge is 0.363 e. The number of esters is 1. The molecule has 3 rings (SSSR count). The van der Waals surface area contributed by atoms with E-state index >= 15 is 0 Å². The van der Waals surface area contributed by atoms with E-state index in [0.717, 1.165) is 11.1 Å². The Bertz CT molecular complexity index is 778. The van der Waals surface area contributed by atoms with Crippen LogP contribution in [0.25, 0.3) is 6.08 Å². The Morgan fingerprint density at radius 2 is 1.81 bits per heavy atom. The molecule has 0 radical (unpaired) electrons. The van der Waals surface area contributed by atoms with Crippen molar-refractivity contribution < 1.29 is 13.9 Å². The minimum absolute atomic E-state index is 0.0957. The van der Waals surface area contributed by atoms with E-state index in [2.05, 4.69) is 4.99 Å². The van der Waals surface area contributed by atoms with Crippen LogP contribution in [0.15, 0.2) is 59.2 Å². The SMILES string of the molecule is Cc1ccccc1C1=NC(=Cc2ccccc2F)C(=O)O1. The van der Waals surface area contributed by atoms with Crippen molar-refractivity contribution in [2.45, 2.75) is 6.92 Å². The monoisotopic (exact) mass is 281 g/mol. The molecule has 1 aliphatic rings. The number of hydrogen-bond acceptors (Lipinski definition) is 3. The molecule has 0 aliphatic carbocycles. The van der Waals surface area contributed by atoms with Gasteiger partial charge in [0.15, 0.2) is 5.70 Å². The van der Waals surface area contributed by atoms with Crippen molar-refractivity contribution in [2.24, 2.45) is 4.99 Å². The number of aliphatic imine (C=N–C) groups is 1. The van der Waals surface area contributed by atoms with Gasteiger partial charge in [-0.3, -0.25) is 0 Å². The van der Waals surface area contributed by atoms with Crippen molar-refractivity contribution in [2.75, 3.05) is 0 Å². The van der Waals surface area contributed by atoms with Crippen molar-refractivity contribution in [3.63, 3.8) is 0 Å². The summed E-state index contributed by atoms with van der Waals surface area (Å²) >= 11 is 0. The van der Waals surface area contributed by atoms with Gasteiger partial charge < -0.3 is 4.74 Å². The van der Waals surface area contributed by atoms with Crippen LogP contribution in [0.1, 0.15) is 16.7 Å². The molecule has 0 fully saturated rings. The van der Waals surface area contributed by atoms with Gasteiger partial charge in [0.2, 0.25) is 5.90 Å². The zero-order valence-electron chi connectivity index (χ0n) is 11.3. The standard InChI is InChI=1S/C17H12FNO2/c1-11-6-2-4-8-13(11)16-19-15(17(20)21-16)10-12-7-3-5-9-14(12)18/h2-10H,1H3. The van der Waals surface area contributed by atoms with Gasteiger partial charge in [0, 0.05) is 11.1 Å². The number of aryl methyl sites for hydroxylation is 1. The molecule has 3 nitrogen and oxygen atoms in total. The topological polar surface area (TPSA) is 38.7 Å². The summed E-state index contributed by atoms with van der Waals surface area (Å²) in [7, 11) is 0. The third kappa shape index (κ3) is 2.60. The number of carbonyl (C=O) groups excluding carboxylic acids is 1. The van der Waals surface area contributed by atoms with Crippen molar-refractivity contribution in [3.8, 4) is 0 Å². The number of halogens is 1. The molecule has 4 heteroatoms. The van der Waals surface area contributed by atoms with Crippen molar-refractivity contribution in [3.05, 3.63) is 76.7 Å². The zero-order valence-corrected chi connectivity index (χ0v) is 11.3. The summed E-state index contributed by atoms with van der Waals surface area (Å²) in [5.41, 5.74) is 2.11. The summed E-state index contributed by atoms with van der Waals surface area (Å²) in [6.07, 6.45) is 1.39. The highest BCUT2D eigenvalue weighted by atomic mass is 19.1. The second-order valence-electron chi connectivity index (χ2n) is 4.67. The molecular weight excluding hydrogens is 269 g/mol. The maximum Gasteiger partial charge on any atom is 0.363 e. The molecule has 0 bridgehead atoms. The molecule has 2 aromatic carbocycles. The minimum atomic E-state index is -0.573. The van der Waals surface area contributed by atoms with Crippen molar-refractivity contribution in [1.29, 1.82) is 0 Å². The molecule has 0 spiro atoms. The third-order valence-corrected chi connectivity index (χ3v) is 3.19. The predicted octanol–water partition coefficient (Wildman–Crippen LogP) is 3.48. The van der Waals surface area contributed by atoms with Crippen LogP contribution in [-0.4, -0.2) is 11.9 Å². The lowest BCUT2D eigenvalue weighted by Gasteiger charge is -2.02. The van der Waals surface area contributed by atoms with E-state index in [-0.39, 0.29) is 11.6 Å². The average Bonchev–Trinajstić information content (AvgIpc) is 2.83. The predicted molar refractivity (Wildman–Crippen MR) is 78.2 cm³/mol. The van der Waals surface area contributed by atoms with Crippen LogP contribution in [0.2, 0.25) is 0 Å². The lowest BCUT2D eigenvalue weighted by Crippen LogP contribution is -2.06. The van der Waals surface area contributed by atoms with E-state index in [9.17, 15) is 9.18 Å². The molecule has 1 aliphatic heterocycles. The van der Waals surface area contributed by atoms with Gasteiger partial charge in [-0.15, -0.1) is 0 Å². The number of hydrogen-bond donors (Lipinski definition) is 0. The highest BCUT2D eigenvalue weighted by Gasteiger charge is 2.25. The zero-order chi connectivity index (χ0) is 14.8. The largest absolute Gasteiger partial charge is 0.402 e. The highest BCUT2D eigenvalue weighted by Crippen LogP contribution is 2.21. The molecule has 0 amide bonds. The van der Waals surface area contributed by atoms with E-state index in [4.69, 9.17) is 4.74 Å². The Morgan fingerprint density at radius 1 is 1.10 bits per heavy atom. The van der Waals surface area contributed by atoms with E-state index in [1.165, 1.54) is 12.1 Å². The molecule has 0 N–H and O–H groups in total. The molecule has 104 valence electrons. The molecule has 0 saturated heterocycles. The first-order chi connectivity index (χ1) is 10.1. The fourth-order valence-electron chi connectivity index (χ4n) is 2.08. The summed E-state index contributed by atoms with van der Waals surface area (Å²) in [5.74, 6) is -0.727. The molecule has 0 saturated carbocycles. The Morgan fingerprint density at radius 3 is 2.57 bits per heavy atom. The second-order valence-corrected chi connectivity index (χ2v) is 4.67. The van der Waals surface area contributed by atoms with Crippen molar-refractivity contribution >= 4 is 17.9 Å². The summed E-state index contributed by atoms with van der Waals surface area (Å²) < 4.78 is 18.8. The Balaban J connectivity index is 2.00. The fraction of sp³-hybridized carbons (Fsp3) is 0.0588. The van der Waals surface area contributed by atoms with Gasteiger partial charge in [0.05, 0.1) is 0 Å². The maximum atomic E-state index is 13.6. The summed E-state index contributed by atoms with van der Waals surface area (Å²) in [5, 5.41) is 0. The molecule has 0 atom stereocenters. The maximum absolute atomic E-state index is 13.6. The first kappa shape index (κ1) is 13.2. The van der Waals surface area contributed by atoms with Gasteiger partial charge in [0.25, 0.3) is 0 Å². The van der Waals surface area contributed by atoms with E-state index in [0.29, 0.717) is 5.56 Å². The van der Waals surface area contributed by atoms with Gasteiger partial charge in [0.1, 0.15) is 5.82 Å². The van der Waals surface area contributed by atoms with E-state index < -0.39 is 11.8 Å². The number of benzene rings is 2. The van der Waals surface area contributed by atoms with Gasteiger partial charge in [-0.05, 0) is 30.7 Å². The lowest BCUT2D eigenvalue weighted by molar-refractivity contribution is -0.129. The molecular formula is C17H12FNO2. The van der Waals surface area contributed by atoms with E-state index in [1.807, 2.05) is 31.2 Å². The lowest BCUT2D eigenvalue weighted by atomic mass is 10.1. The van der Waals surface area contributed by atoms with Crippen LogP contribution in [0.3, 0.4) is 0 Å². The minimum Gasteiger partial charge on any atom is -0.402 e. The number of ether oxygens (including phenoxy) is 1. The van der Waals surface area contributed by atoms with Crippen LogP contribution in [-0.2, 0) is 9.53 Å². The van der Waals surface area contributed by atoms with Gasteiger partial charge >= 0.3 is 5.97 Å². The van der Waals surface area contributed by atoms with Crippen molar-refractivity contribution in [1.82, 2.24) is 0 Å². The molecule has 0 unspecified atom stereocenters. The molecule has 2 aromatic rings. The second kappa shape index (κ2) is 5.32. The Labute approximate surface area is 121 Å². The normalized spacial score (nSPS) is 16.0. The molecule has 21 heavy (non-hydrogen) atoms. The number of cyclic esters (lactones) is 1. The summed E-state index contributed by atoms with van der Waals surface area (Å²) in [6, 6.07) is 13.7. The first-order valence-corrected chi connectivity index (χ1v) is 6.48. The highest BCUT2D eigenvalue weighted by molar-refractivity contribution is 6.13. The van der Waals surface area contributed by atoms with E-state index in [1.54, 1.807) is 18.2 Å². The average molecular weight is 281 g/mol. The Kier molecular flexibility index (Phi) is 3.36. The van der Waals surface area contributed by atoms with Crippen LogP contribution in [0, 0.1) is 12.7 Å². The van der Waals surface area contributed by atoms with Crippen LogP contribution < -0.4 is 0 Å². The van der Waals surface area contributed by atoms with Gasteiger partial charge in [-0.1, -0.05) is 36.4 Å². The molecule has 1 heterocycles. The number of rotatable bonds is 2. The fourth-order valence-corrected chi connectivity index (χ4v) is 2.08. The molecule has 0 aromatic heterocycles. The van der Waals surface area contributed by atoms with Gasteiger partial charge in [-0.25, -0.2) is 14.2 Å². The summed E-state index contributed by atoms with van der Waals surface area (Å²) in [4.78, 5) is 16.0.